The van der Waals surface area contributed by atoms with Crippen LogP contribution in [0, 0.1) is 6.92 Å². The van der Waals surface area contributed by atoms with Crippen LogP contribution in [0.25, 0.3) is 11.5 Å². The molecular weight excluding hydrogens is 374 g/mol. The molecule has 3 rings (SSSR count). The molecule has 0 spiro atoms. The number of hydrogen-bond donors (Lipinski definition) is 1. The van der Waals surface area contributed by atoms with Gasteiger partial charge in [-0.05, 0) is 48.9 Å². The van der Waals surface area contributed by atoms with Crippen LogP contribution >= 0.6 is 11.6 Å². The standard InChI is InChI=1S/C18H18ClN3O3S/c1-11(2)17-20-18(25-21-17)13-5-7-14(8-6-13)22-26(23,24)15-9-4-12(3)16(19)10-15/h4-11,22H,1-3H3. The fourth-order valence-corrected chi connectivity index (χ4v) is 3.55. The predicted molar refractivity (Wildman–Crippen MR) is 101 cm³/mol. The van der Waals surface area contributed by atoms with Crippen LogP contribution in [0.3, 0.4) is 0 Å². The highest BCUT2D eigenvalue weighted by Crippen LogP contribution is 2.25. The normalized spacial score (nSPS) is 11.7. The van der Waals surface area contributed by atoms with E-state index in [9.17, 15) is 8.42 Å². The number of rotatable bonds is 5. The van der Waals surface area contributed by atoms with Crippen molar-refractivity contribution in [3.05, 3.63) is 58.9 Å². The first-order chi connectivity index (χ1) is 12.3. The number of benzene rings is 2. The molecule has 8 heteroatoms. The van der Waals surface area contributed by atoms with Gasteiger partial charge in [0.15, 0.2) is 5.82 Å². The van der Waals surface area contributed by atoms with Crippen molar-refractivity contribution in [1.29, 1.82) is 0 Å². The number of hydrogen-bond acceptors (Lipinski definition) is 5. The Labute approximate surface area is 157 Å². The Morgan fingerprint density at radius 1 is 1.12 bits per heavy atom. The minimum atomic E-state index is -3.72. The lowest BCUT2D eigenvalue weighted by atomic mass is 10.2. The maximum atomic E-state index is 12.5. The van der Waals surface area contributed by atoms with E-state index in [-0.39, 0.29) is 10.8 Å². The van der Waals surface area contributed by atoms with E-state index >= 15 is 0 Å². The second-order valence-electron chi connectivity index (χ2n) is 6.21. The van der Waals surface area contributed by atoms with Crippen molar-refractivity contribution in [1.82, 2.24) is 10.1 Å². The van der Waals surface area contributed by atoms with Gasteiger partial charge in [-0.25, -0.2) is 8.42 Å². The highest BCUT2D eigenvalue weighted by Gasteiger charge is 2.16. The van der Waals surface area contributed by atoms with Gasteiger partial charge >= 0.3 is 0 Å². The summed E-state index contributed by atoms with van der Waals surface area (Å²) in [7, 11) is -3.72. The second kappa shape index (κ2) is 7.09. The van der Waals surface area contributed by atoms with E-state index in [1.165, 1.54) is 12.1 Å². The molecule has 1 aromatic heterocycles. The molecule has 0 saturated heterocycles. The summed E-state index contributed by atoms with van der Waals surface area (Å²) in [6.07, 6.45) is 0. The van der Waals surface area contributed by atoms with Crippen LogP contribution in [0.4, 0.5) is 5.69 Å². The van der Waals surface area contributed by atoms with Gasteiger partial charge in [0.1, 0.15) is 0 Å². The first kappa shape index (κ1) is 18.4. The Balaban J connectivity index is 1.80. The lowest BCUT2D eigenvalue weighted by Gasteiger charge is -2.09. The molecule has 0 aliphatic heterocycles. The highest BCUT2D eigenvalue weighted by atomic mass is 35.5. The molecule has 136 valence electrons. The molecule has 1 N–H and O–H groups in total. The van der Waals surface area contributed by atoms with Crippen LogP contribution in [0.1, 0.15) is 31.2 Å². The SMILES string of the molecule is Cc1ccc(S(=O)(=O)Nc2ccc(-c3nc(C(C)C)no3)cc2)cc1Cl. The zero-order valence-corrected chi connectivity index (χ0v) is 16.1. The summed E-state index contributed by atoms with van der Waals surface area (Å²) in [5, 5.41) is 4.32. The van der Waals surface area contributed by atoms with Gasteiger partial charge in [-0.15, -0.1) is 0 Å². The summed E-state index contributed by atoms with van der Waals surface area (Å²) in [6, 6.07) is 11.3. The second-order valence-corrected chi connectivity index (χ2v) is 8.30. The first-order valence-corrected chi connectivity index (χ1v) is 9.85. The van der Waals surface area contributed by atoms with Crippen molar-refractivity contribution in [3.8, 4) is 11.5 Å². The predicted octanol–water partition coefficient (Wildman–Crippen LogP) is 4.62. The van der Waals surface area contributed by atoms with Crippen LogP contribution in [0.5, 0.6) is 0 Å². The average Bonchev–Trinajstić information content (AvgIpc) is 3.08. The van der Waals surface area contributed by atoms with Gasteiger partial charge in [0.2, 0.25) is 0 Å². The molecule has 2 aromatic carbocycles. The fourth-order valence-electron chi connectivity index (χ4n) is 2.22. The topological polar surface area (TPSA) is 85.1 Å². The highest BCUT2D eigenvalue weighted by molar-refractivity contribution is 7.92. The van der Waals surface area contributed by atoms with Crippen molar-refractivity contribution < 1.29 is 12.9 Å². The summed E-state index contributed by atoms with van der Waals surface area (Å²) in [5.41, 5.74) is 1.95. The summed E-state index contributed by atoms with van der Waals surface area (Å²) in [4.78, 5) is 4.43. The maximum Gasteiger partial charge on any atom is 0.261 e. The van der Waals surface area contributed by atoms with E-state index in [2.05, 4.69) is 14.9 Å². The number of halogens is 1. The third kappa shape index (κ3) is 3.89. The number of anilines is 1. The molecule has 0 atom stereocenters. The van der Waals surface area contributed by atoms with Gasteiger partial charge < -0.3 is 4.52 Å². The Morgan fingerprint density at radius 2 is 1.81 bits per heavy atom. The monoisotopic (exact) mass is 391 g/mol. The molecule has 26 heavy (non-hydrogen) atoms. The largest absolute Gasteiger partial charge is 0.334 e. The van der Waals surface area contributed by atoms with Gasteiger partial charge in [-0.3, -0.25) is 4.72 Å². The third-order valence-corrected chi connectivity index (χ3v) is 5.58. The summed E-state index contributed by atoms with van der Waals surface area (Å²) >= 11 is 6.02. The van der Waals surface area contributed by atoms with Gasteiger partial charge in [0, 0.05) is 22.2 Å². The minimum absolute atomic E-state index is 0.107. The van der Waals surface area contributed by atoms with Crippen molar-refractivity contribution in [2.24, 2.45) is 0 Å². The molecule has 6 nitrogen and oxygen atoms in total. The van der Waals surface area contributed by atoms with E-state index in [0.717, 1.165) is 5.56 Å². The molecule has 0 saturated carbocycles. The Morgan fingerprint density at radius 3 is 2.38 bits per heavy atom. The summed E-state index contributed by atoms with van der Waals surface area (Å²) in [5.74, 6) is 1.19. The number of nitrogens with zero attached hydrogens (tertiary/aromatic N) is 2. The molecule has 0 bridgehead atoms. The third-order valence-electron chi connectivity index (χ3n) is 3.80. The van der Waals surface area contributed by atoms with E-state index in [1.807, 2.05) is 20.8 Å². The van der Waals surface area contributed by atoms with Gasteiger partial charge in [-0.1, -0.05) is 36.7 Å². The minimum Gasteiger partial charge on any atom is -0.334 e. The first-order valence-electron chi connectivity index (χ1n) is 7.99. The van der Waals surface area contributed by atoms with Crippen molar-refractivity contribution >= 4 is 27.3 Å². The van der Waals surface area contributed by atoms with Crippen molar-refractivity contribution in [2.45, 2.75) is 31.6 Å². The van der Waals surface area contributed by atoms with E-state index in [4.69, 9.17) is 16.1 Å². The molecule has 0 unspecified atom stereocenters. The summed E-state index contributed by atoms with van der Waals surface area (Å²) < 4.78 is 32.7. The number of sulfonamides is 1. The number of aromatic nitrogens is 2. The van der Waals surface area contributed by atoms with Crippen LogP contribution < -0.4 is 4.72 Å². The van der Waals surface area contributed by atoms with E-state index in [0.29, 0.717) is 28.0 Å². The number of aryl methyl sites for hydroxylation is 1. The maximum absolute atomic E-state index is 12.5. The molecule has 0 radical (unpaired) electrons. The molecule has 1 heterocycles. The lowest BCUT2D eigenvalue weighted by molar-refractivity contribution is 0.419. The molecule has 0 amide bonds. The van der Waals surface area contributed by atoms with Crippen molar-refractivity contribution in [2.75, 3.05) is 4.72 Å². The van der Waals surface area contributed by atoms with Crippen LogP contribution in [0.15, 0.2) is 51.9 Å². The number of nitrogens with one attached hydrogen (secondary N) is 1. The van der Waals surface area contributed by atoms with Crippen LogP contribution in [0.2, 0.25) is 5.02 Å². The van der Waals surface area contributed by atoms with Gasteiger partial charge in [0.25, 0.3) is 15.9 Å². The Hall–Kier alpha value is -2.38. The quantitative estimate of drug-likeness (QED) is 0.685. The Kier molecular flexibility index (Phi) is 5.02. The summed E-state index contributed by atoms with van der Waals surface area (Å²) in [6.45, 7) is 5.76. The van der Waals surface area contributed by atoms with Gasteiger partial charge in [-0.2, -0.15) is 4.98 Å². The van der Waals surface area contributed by atoms with Crippen LogP contribution in [-0.2, 0) is 10.0 Å². The molecule has 3 aromatic rings. The molecule has 0 aliphatic carbocycles. The molecule has 0 aliphatic rings. The zero-order chi connectivity index (χ0) is 18.9. The Bertz CT molecular complexity index is 1030. The smallest absolute Gasteiger partial charge is 0.261 e. The average molecular weight is 392 g/mol. The van der Waals surface area contributed by atoms with Crippen molar-refractivity contribution in [3.63, 3.8) is 0 Å². The zero-order valence-electron chi connectivity index (χ0n) is 14.5. The van der Waals surface area contributed by atoms with E-state index < -0.39 is 10.0 Å². The molecule has 0 fully saturated rings. The van der Waals surface area contributed by atoms with E-state index in [1.54, 1.807) is 30.3 Å². The van der Waals surface area contributed by atoms with Gasteiger partial charge in [0.05, 0.1) is 4.90 Å². The molecular formula is C18H18ClN3O3S. The fraction of sp³-hybridized carbons (Fsp3) is 0.222. The van der Waals surface area contributed by atoms with Crippen LogP contribution in [-0.4, -0.2) is 18.6 Å². The lowest BCUT2D eigenvalue weighted by Crippen LogP contribution is -2.12.